The maximum atomic E-state index is 14.4. The van der Waals surface area contributed by atoms with Gasteiger partial charge in [-0.3, -0.25) is 4.79 Å². The van der Waals surface area contributed by atoms with Crippen LogP contribution < -0.4 is 10.6 Å². The van der Waals surface area contributed by atoms with E-state index in [9.17, 15) is 13.6 Å². The molecule has 4 aromatic rings. The van der Waals surface area contributed by atoms with Crippen molar-refractivity contribution in [3.63, 3.8) is 0 Å². The molecule has 3 heterocycles. The molecule has 0 radical (unpaired) electrons. The largest absolute Gasteiger partial charge is 0.339 e. The number of hydrogen-bond acceptors (Lipinski definition) is 6. The molecule has 1 fully saturated rings. The highest BCUT2D eigenvalue weighted by Crippen LogP contribution is 2.48. The predicted octanol–water partition coefficient (Wildman–Crippen LogP) is 5.24. The van der Waals surface area contributed by atoms with Crippen molar-refractivity contribution in [1.29, 1.82) is 0 Å². The van der Waals surface area contributed by atoms with Gasteiger partial charge >= 0.3 is 0 Å². The first-order valence-corrected chi connectivity index (χ1v) is 10.5. The van der Waals surface area contributed by atoms with Crippen molar-refractivity contribution in [1.82, 2.24) is 19.9 Å². The van der Waals surface area contributed by atoms with Gasteiger partial charge in [0.25, 0.3) is 0 Å². The van der Waals surface area contributed by atoms with E-state index >= 15 is 0 Å². The summed E-state index contributed by atoms with van der Waals surface area (Å²) < 4.78 is 28.2. The zero-order valence-corrected chi connectivity index (χ0v) is 17.8. The van der Waals surface area contributed by atoms with Gasteiger partial charge in [-0.05, 0) is 54.7 Å². The number of halogens is 2. The van der Waals surface area contributed by atoms with Gasteiger partial charge in [-0.1, -0.05) is 6.92 Å². The van der Waals surface area contributed by atoms with Crippen LogP contribution in [0.25, 0.3) is 22.3 Å². The van der Waals surface area contributed by atoms with E-state index in [4.69, 9.17) is 0 Å². The Hall–Kier alpha value is -4.01. The molecule has 1 aromatic carbocycles. The lowest BCUT2D eigenvalue weighted by atomic mass is 10.1. The molecule has 1 aliphatic rings. The molecule has 0 saturated heterocycles. The lowest BCUT2D eigenvalue weighted by Crippen LogP contribution is -2.16. The number of anilines is 3. The molecule has 5 rings (SSSR count). The van der Waals surface area contributed by atoms with Crippen molar-refractivity contribution in [2.75, 3.05) is 10.6 Å². The summed E-state index contributed by atoms with van der Waals surface area (Å²) in [7, 11) is 0. The first-order valence-electron chi connectivity index (χ1n) is 10.5. The van der Waals surface area contributed by atoms with Crippen LogP contribution in [0.2, 0.25) is 0 Å². The lowest BCUT2D eigenvalue weighted by molar-refractivity contribution is -0.117. The van der Waals surface area contributed by atoms with Crippen LogP contribution in [0.4, 0.5) is 26.1 Å². The van der Waals surface area contributed by atoms with Gasteiger partial charge in [-0.2, -0.15) is 0 Å². The van der Waals surface area contributed by atoms with Gasteiger partial charge in [0.1, 0.15) is 29.6 Å². The molecule has 3 aromatic heterocycles. The van der Waals surface area contributed by atoms with Crippen molar-refractivity contribution in [2.24, 2.45) is 5.41 Å². The minimum Gasteiger partial charge on any atom is -0.339 e. The van der Waals surface area contributed by atoms with Crippen molar-refractivity contribution in [3.8, 4) is 11.3 Å². The van der Waals surface area contributed by atoms with Crippen LogP contribution in [0, 0.1) is 17.0 Å². The molecular weight excluding hydrogens is 426 g/mol. The molecule has 0 spiro atoms. The number of amides is 1. The summed E-state index contributed by atoms with van der Waals surface area (Å²) in [5, 5.41) is 6.64. The van der Waals surface area contributed by atoms with E-state index in [0.717, 1.165) is 31.0 Å². The molecular formula is C24H20F2N6O. The SMILES string of the molecule is CC1(CC(=O)Nc2cc(Nc3cc(-c4cc(F)ccc4F)nc4ncccc34)ncn2)CC1. The maximum absolute atomic E-state index is 14.4. The molecule has 33 heavy (non-hydrogen) atoms. The molecule has 1 aliphatic carbocycles. The fourth-order valence-corrected chi connectivity index (χ4v) is 3.59. The second kappa shape index (κ2) is 8.16. The number of aromatic nitrogens is 4. The fourth-order valence-electron chi connectivity index (χ4n) is 3.59. The number of carbonyl (C=O) groups excluding carboxylic acids is 1. The van der Waals surface area contributed by atoms with Crippen LogP contribution in [0.15, 0.2) is 55.0 Å². The van der Waals surface area contributed by atoms with E-state index in [-0.39, 0.29) is 22.6 Å². The normalized spacial score (nSPS) is 14.2. The summed E-state index contributed by atoms with van der Waals surface area (Å²) in [6, 6.07) is 9.98. The molecule has 0 aliphatic heterocycles. The number of fused-ring (bicyclic) bond motifs is 1. The number of carbonyl (C=O) groups is 1. The molecule has 2 N–H and O–H groups in total. The van der Waals surface area contributed by atoms with E-state index in [1.165, 1.54) is 6.33 Å². The van der Waals surface area contributed by atoms with Crippen LogP contribution in [0.1, 0.15) is 26.2 Å². The first kappa shape index (κ1) is 20.9. The minimum atomic E-state index is -0.596. The Kier molecular flexibility index (Phi) is 5.16. The van der Waals surface area contributed by atoms with Gasteiger partial charge in [0.2, 0.25) is 5.91 Å². The van der Waals surface area contributed by atoms with Gasteiger partial charge < -0.3 is 10.6 Å². The molecule has 1 saturated carbocycles. The number of hydrogen-bond donors (Lipinski definition) is 2. The third-order valence-electron chi connectivity index (χ3n) is 5.68. The summed E-state index contributed by atoms with van der Waals surface area (Å²) >= 11 is 0. The average molecular weight is 446 g/mol. The van der Waals surface area contributed by atoms with E-state index < -0.39 is 11.6 Å². The number of rotatable bonds is 6. The smallest absolute Gasteiger partial charge is 0.226 e. The van der Waals surface area contributed by atoms with Gasteiger partial charge in [0, 0.05) is 29.6 Å². The van der Waals surface area contributed by atoms with E-state index in [2.05, 4.69) is 37.5 Å². The highest BCUT2D eigenvalue weighted by molar-refractivity contribution is 5.94. The van der Waals surface area contributed by atoms with Crippen LogP contribution >= 0.6 is 0 Å². The maximum Gasteiger partial charge on any atom is 0.226 e. The third kappa shape index (κ3) is 4.62. The topological polar surface area (TPSA) is 92.7 Å². The Bertz CT molecular complexity index is 1370. The summed E-state index contributed by atoms with van der Waals surface area (Å²) in [6.07, 6.45) is 5.46. The highest BCUT2D eigenvalue weighted by Gasteiger charge is 2.39. The average Bonchev–Trinajstić information content (AvgIpc) is 3.51. The summed E-state index contributed by atoms with van der Waals surface area (Å²) in [4.78, 5) is 29.3. The Balaban J connectivity index is 1.47. The van der Waals surface area contributed by atoms with Gasteiger partial charge in [-0.15, -0.1) is 0 Å². The predicted molar refractivity (Wildman–Crippen MR) is 121 cm³/mol. The molecule has 0 atom stereocenters. The molecule has 7 nitrogen and oxygen atoms in total. The number of pyridine rings is 2. The van der Waals surface area contributed by atoms with Crippen molar-refractivity contribution >= 4 is 34.3 Å². The molecule has 166 valence electrons. The van der Waals surface area contributed by atoms with Gasteiger partial charge in [-0.25, -0.2) is 28.7 Å². The zero-order valence-electron chi connectivity index (χ0n) is 17.8. The molecule has 9 heteroatoms. The van der Waals surface area contributed by atoms with Crippen molar-refractivity contribution in [3.05, 3.63) is 66.6 Å². The third-order valence-corrected chi connectivity index (χ3v) is 5.68. The van der Waals surface area contributed by atoms with E-state index in [1.807, 2.05) is 6.07 Å². The van der Waals surface area contributed by atoms with Crippen LogP contribution in [0.5, 0.6) is 0 Å². The monoisotopic (exact) mass is 446 g/mol. The van der Waals surface area contributed by atoms with E-state index in [1.54, 1.807) is 24.4 Å². The Morgan fingerprint density at radius 3 is 2.70 bits per heavy atom. The van der Waals surface area contributed by atoms with E-state index in [0.29, 0.717) is 34.8 Å². The van der Waals surface area contributed by atoms with Gasteiger partial charge in [0.15, 0.2) is 5.65 Å². The number of nitrogens with zero attached hydrogens (tertiary/aromatic N) is 4. The number of benzene rings is 1. The zero-order chi connectivity index (χ0) is 23.0. The van der Waals surface area contributed by atoms with Crippen LogP contribution in [-0.4, -0.2) is 25.8 Å². The molecule has 1 amide bonds. The Morgan fingerprint density at radius 2 is 1.88 bits per heavy atom. The second-order valence-corrected chi connectivity index (χ2v) is 8.50. The fraction of sp³-hybridized carbons (Fsp3) is 0.208. The highest BCUT2D eigenvalue weighted by atomic mass is 19.1. The molecule has 0 bridgehead atoms. The minimum absolute atomic E-state index is 0.0230. The van der Waals surface area contributed by atoms with Crippen LogP contribution in [0.3, 0.4) is 0 Å². The van der Waals surface area contributed by atoms with Crippen LogP contribution in [-0.2, 0) is 4.79 Å². The second-order valence-electron chi connectivity index (χ2n) is 8.50. The lowest BCUT2D eigenvalue weighted by Gasteiger charge is -2.13. The Morgan fingerprint density at radius 1 is 1.06 bits per heavy atom. The molecule has 0 unspecified atom stereocenters. The summed E-state index contributed by atoms with van der Waals surface area (Å²) in [5.41, 5.74) is 1.24. The van der Waals surface area contributed by atoms with Crippen molar-refractivity contribution in [2.45, 2.75) is 26.2 Å². The summed E-state index contributed by atoms with van der Waals surface area (Å²) in [6.45, 7) is 2.08. The first-order chi connectivity index (χ1) is 15.9. The number of nitrogens with one attached hydrogen (secondary N) is 2. The summed E-state index contributed by atoms with van der Waals surface area (Å²) in [5.74, 6) is -0.474. The quantitative estimate of drug-likeness (QED) is 0.421. The Labute approximate surface area is 188 Å². The standard InChI is InChI=1S/C24H20F2N6O/c1-24(6-7-24)12-22(33)32-21-11-20(28-13-29-21)30-18-10-19(16-9-14(25)4-5-17(16)26)31-23-15(18)3-2-8-27-23/h2-5,8-11,13H,6-7,12H2,1H3,(H2,27,28,29,30,31,32,33). The van der Waals surface area contributed by atoms with Crippen molar-refractivity contribution < 1.29 is 13.6 Å². The van der Waals surface area contributed by atoms with Gasteiger partial charge in [0.05, 0.1) is 11.4 Å².